The molecule has 1 heterocycles. The van der Waals surface area contributed by atoms with E-state index in [2.05, 4.69) is 15.9 Å². The first-order valence-corrected chi connectivity index (χ1v) is 10.2. The number of rotatable bonds is 6. The fourth-order valence-corrected chi connectivity index (χ4v) is 3.52. The molecule has 0 radical (unpaired) electrons. The number of ether oxygens (including phenoxy) is 3. The Hall–Kier alpha value is -2.93. The maximum absolute atomic E-state index is 15.3. The minimum Gasteiger partial charge on any atom is -0.465 e. The lowest BCUT2D eigenvalue weighted by atomic mass is 9.72. The molecule has 0 saturated heterocycles. The quantitative estimate of drug-likeness (QED) is 0.547. The van der Waals surface area contributed by atoms with Gasteiger partial charge in [-0.1, -0.05) is 58.4 Å². The SMILES string of the molecule is CCOC(=O)C1=C(F)OC(c2ccccc2)=CC1(C(=O)OCC)c1ccc(Br)cc1. The molecule has 1 aliphatic heterocycles. The second-order valence-corrected chi connectivity index (χ2v) is 7.30. The van der Waals surface area contributed by atoms with Crippen molar-refractivity contribution in [1.29, 1.82) is 0 Å². The number of carbonyl (C=O) groups is 2. The topological polar surface area (TPSA) is 61.8 Å². The van der Waals surface area contributed by atoms with Gasteiger partial charge in [-0.15, -0.1) is 0 Å². The van der Waals surface area contributed by atoms with Gasteiger partial charge < -0.3 is 14.2 Å². The standard InChI is InChI=1S/C23H20BrFO5/c1-3-28-21(26)19-20(25)30-18(15-8-6-5-7-9-15)14-23(19,22(27)29-4-2)16-10-12-17(24)13-11-16/h5-14H,3-4H2,1-2H3. The molecule has 1 aliphatic rings. The molecular formula is C23H20BrFO5. The molecule has 0 aliphatic carbocycles. The highest BCUT2D eigenvalue weighted by Crippen LogP contribution is 2.45. The smallest absolute Gasteiger partial charge is 0.342 e. The van der Waals surface area contributed by atoms with Crippen molar-refractivity contribution in [3.05, 3.63) is 87.9 Å². The summed E-state index contributed by atoms with van der Waals surface area (Å²) in [7, 11) is 0. The van der Waals surface area contributed by atoms with E-state index in [1.54, 1.807) is 68.4 Å². The molecule has 0 amide bonds. The van der Waals surface area contributed by atoms with E-state index in [-0.39, 0.29) is 19.0 Å². The van der Waals surface area contributed by atoms with Gasteiger partial charge in [0.1, 0.15) is 11.3 Å². The molecule has 7 heteroatoms. The summed E-state index contributed by atoms with van der Waals surface area (Å²) in [6, 6.07) is 14.2. The fourth-order valence-electron chi connectivity index (χ4n) is 3.25. The highest BCUT2D eigenvalue weighted by molar-refractivity contribution is 9.10. The van der Waals surface area contributed by atoms with Crippen LogP contribution in [-0.4, -0.2) is 25.2 Å². The normalized spacial score (nSPS) is 18.3. The van der Waals surface area contributed by atoms with Crippen molar-refractivity contribution in [2.75, 3.05) is 13.2 Å². The number of hydrogen-bond donors (Lipinski definition) is 0. The number of halogens is 2. The Morgan fingerprint density at radius 1 is 1.00 bits per heavy atom. The van der Waals surface area contributed by atoms with E-state index in [9.17, 15) is 9.59 Å². The van der Waals surface area contributed by atoms with Crippen LogP contribution >= 0.6 is 15.9 Å². The van der Waals surface area contributed by atoms with Crippen LogP contribution in [0, 0.1) is 0 Å². The van der Waals surface area contributed by atoms with Gasteiger partial charge in [-0.3, -0.25) is 4.79 Å². The Morgan fingerprint density at radius 3 is 2.23 bits per heavy atom. The van der Waals surface area contributed by atoms with E-state index in [1.165, 1.54) is 6.08 Å². The Balaban J connectivity index is 2.32. The van der Waals surface area contributed by atoms with E-state index < -0.39 is 28.9 Å². The van der Waals surface area contributed by atoms with Gasteiger partial charge in [0.05, 0.1) is 13.2 Å². The molecule has 0 spiro atoms. The molecule has 0 N–H and O–H groups in total. The lowest BCUT2D eigenvalue weighted by Crippen LogP contribution is -2.43. The van der Waals surface area contributed by atoms with E-state index in [0.717, 1.165) is 4.47 Å². The van der Waals surface area contributed by atoms with Gasteiger partial charge in [-0.25, -0.2) is 4.79 Å². The summed E-state index contributed by atoms with van der Waals surface area (Å²) in [4.78, 5) is 26.1. The van der Waals surface area contributed by atoms with Gasteiger partial charge in [0.25, 0.3) is 6.01 Å². The molecule has 0 saturated carbocycles. The number of benzene rings is 2. The van der Waals surface area contributed by atoms with Crippen LogP contribution in [0.25, 0.3) is 5.76 Å². The molecule has 3 rings (SSSR count). The highest BCUT2D eigenvalue weighted by atomic mass is 79.9. The van der Waals surface area contributed by atoms with E-state index >= 15 is 4.39 Å². The summed E-state index contributed by atoms with van der Waals surface area (Å²) in [5.41, 5.74) is -1.54. The summed E-state index contributed by atoms with van der Waals surface area (Å²) in [5.74, 6) is -1.70. The van der Waals surface area contributed by atoms with Crippen molar-refractivity contribution in [2.24, 2.45) is 0 Å². The van der Waals surface area contributed by atoms with Crippen molar-refractivity contribution in [3.8, 4) is 0 Å². The second kappa shape index (κ2) is 9.26. The molecule has 0 fully saturated rings. The fraction of sp³-hybridized carbons (Fsp3) is 0.217. The third-order valence-corrected chi connectivity index (χ3v) is 5.10. The van der Waals surface area contributed by atoms with Crippen LogP contribution in [0.3, 0.4) is 0 Å². The third-order valence-electron chi connectivity index (χ3n) is 4.57. The van der Waals surface area contributed by atoms with E-state index in [4.69, 9.17) is 14.2 Å². The summed E-state index contributed by atoms with van der Waals surface area (Å²) < 4.78 is 31.8. The van der Waals surface area contributed by atoms with Crippen molar-refractivity contribution < 1.29 is 28.2 Å². The monoisotopic (exact) mass is 474 g/mol. The first-order chi connectivity index (χ1) is 14.4. The van der Waals surface area contributed by atoms with Gasteiger partial charge in [-0.05, 0) is 37.6 Å². The van der Waals surface area contributed by atoms with Crippen LogP contribution in [0.4, 0.5) is 4.39 Å². The molecule has 0 bridgehead atoms. The van der Waals surface area contributed by atoms with Crippen LogP contribution in [0.15, 0.2) is 76.7 Å². The predicted molar refractivity (Wildman–Crippen MR) is 113 cm³/mol. The molecule has 30 heavy (non-hydrogen) atoms. The first-order valence-electron chi connectivity index (χ1n) is 9.40. The third kappa shape index (κ3) is 4.03. The molecule has 2 aromatic carbocycles. The number of hydrogen-bond acceptors (Lipinski definition) is 5. The van der Waals surface area contributed by atoms with Gasteiger partial charge in [0, 0.05) is 10.0 Å². The van der Waals surface area contributed by atoms with E-state index in [1.807, 2.05) is 0 Å². The largest absolute Gasteiger partial charge is 0.465 e. The number of carbonyl (C=O) groups excluding carboxylic acids is 2. The van der Waals surface area contributed by atoms with Crippen molar-refractivity contribution in [3.63, 3.8) is 0 Å². The Morgan fingerprint density at radius 2 is 1.63 bits per heavy atom. The lowest BCUT2D eigenvalue weighted by molar-refractivity contribution is -0.151. The molecular weight excluding hydrogens is 455 g/mol. The van der Waals surface area contributed by atoms with Crippen molar-refractivity contribution >= 4 is 33.6 Å². The zero-order chi connectivity index (χ0) is 21.7. The van der Waals surface area contributed by atoms with Crippen molar-refractivity contribution in [2.45, 2.75) is 19.3 Å². The molecule has 0 aromatic heterocycles. The zero-order valence-electron chi connectivity index (χ0n) is 16.5. The molecule has 1 atom stereocenters. The first kappa shape index (κ1) is 21.8. The minimum atomic E-state index is -1.88. The van der Waals surface area contributed by atoms with Gasteiger partial charge >= 0.3 is 11.9 Å². The zero-order valence-corrected chi connectivity index (χ0v) is 18.1. The molecule has 5 nitrogen and oxygen atoms in total. The summed E-state index contributed by atoms with van der Waals surface area (Å²) >= 11 is 3.35. The average molecular weight is 475 g/mol. The Kier molecular flexibility index (Phi) is 6.72. The Bertz CT molecular complexity index is 998. The number of esters is 2. The van der Waals surface area contributed by atoms with Gasteiger partial charge in [-0.2, -0.15) is 4.39 Å². The van der Waals surface area contributed by atoms with Gasteiger partial charge in [0.2, 0.25) is 0 Å². The predicted octanol–water partition coefficient (Wildman–Crippen LogP) is 5.07. The van der Waals surface area contributed by atoms with Crippen molar-refractivity contribution in [1.82, 2.24) is 0 Å². The summed E-state index contributed by atoms with van der Waals surface area (Å²) in [6.07, 6.45) is 1.42. The van der Waals surface area contributed by atoms with Crippen LogP contribution in [0.2, 0.25) is 0 Å². The molecule has 156 valence electrons. The minimum absolute atomic E-state index is 0.00408. The summed E-state index contributed by atoms with van der Waals surface area (Å²) in [5, 5.41) is 0. The van der Waals surface area contributed by atoms with Crippen LogP contribution < -0.4 is 0 Å². The lowest BCUT2D eigenvalue weighted by Gasteiger charge is -2.34. The summed E-state index contributed by atoms with van der Waals surface area (Å²) in [6.45, 7) is 3.28. The van der Waals surface area contributed by atoms with Crippen LogP contribution in [0.5, 0.6) is 0 Å². The molecule has 2 aromatic rings. The van der Waals surface area contributed by atoms with Crippen LogP contribution in [-0.2, 0) is 29.2 Å². The maximum atomic E-state index is 15.3. The maximum Gasteiger partial charge on any atom is 0.342 e. The van der Waals surface area contributed by atoms with E-state index in [0.29, 0.717) is 11.1 Å². The second-order valence-electron chi connectivity index (χ2n) is 6.38. The molecule has 1 unspecified atom stereocenters. The van der Waals surface area contributed by atoms with Crippen LogP contribution in [0.1, 0.15) is 25.0 Å². The highest BCUT2D eigenvalue weighted by Gasteiger charge is 2.53. The van der Waals surface area contributed by atoms with Gasteiger partial charge in [0.15, 0.2) is 5.41 Å². The average Bonchev–Trinajstić information content (AvgIpc) is 2.74. The Labute approximate surface area is 182 Å².